The van der Waals surface area contributed by atoms with Gasteiger partial charge in [0.05, 0.1) is 0 Å². The van der Waals surface area contributed by atoms with Crippen LogP contribution in [0, 0.1) is 23.2 Å². The van der Waals surface area contributed by atoms with Gasteiger partial charge in [0.1, 0.15) is 11.4 Å². The summed E-state index contributed by atoms with van der Waals surface area (Å²) in [5, 5.41) is 11.1. The van der Waals surface area contributed by atoms with Gasteiger partial charge in [-0.1, -0.05) is 18.1 Å². The number of allylic oxidation sites excluding steroid dienone is 2. The molecule has 1 N–H and O–H groups in total. The highest BCUT2D eigenvalue weighted by Crippen LogP contribution is 2.63. The van der Waals surface area contributed by atoms with E-state index in [0.29, 0.717) is 30.0 Å². The van der Waals surface area contributed by atoms with Gasteiger partial charge in [0.25, 0.3) is 0 Å². The minimum atomic E-state index is -1.12. The second-order valence-electron chi connectivity index (χ2n) is 8.65. The fourth-order valence-corrected chi connectivity index (χ4v) is 6.55. The molecule has 3 nitrogen and oxygen atoms in total. The highest BCUT2D eigenvalue weighted by molar-refractivity contribution is 5.86. The fourth-order valence-electron chi connectivity index (χ4n) is 6.55. The third-order valence-electron chi connectivity index (χ3n) is 7.89. The molecule has 5 atom stereocenters. The molecule has 3 heteroatoms. The molecule has 126 valence electrons. The molecule has 0 spiro atoms. The Morgan fingerprint density at radius 3 is 2.61 bits per heavy atom. The Balaban J connectivity index is 1.70. The number of aliphatic hydroxyl groups is 1. The number of ketones is 2. The Morgan fingerprint density at radius 1 is 1.09 bits per heavy atom. The predicted octanol–water partition coefficient (Wildman–Crippen LogP) is 3.59. The van der Waals surface area contributed by atoms with Crippen molar-refractivity contribution >= 4 is 11.6 Å². The minimum Gasteiger partial charge on any atom is -0.382 e. The second kappa shape index (κ2) is 5.02. The average molecular weight is 316 g/mol. The summed E-state index contributed by atoms with van der Waals surface area (Å²) in [6.07, 6.45) is 8.26. The monoisotopic (exact) mass is 316 g/mol. The molecule has 4 aliphatic carbocycles. The van der Waals surface area contributed by atoms with Crippen molar-refractivity contribution < 1.29 is 14.7 Å². The molecule has 3 fully saturated rings. The van der Waals surface area contributed by atoms with Crippen LogP contribution in [0.5, 0.6) is 0 Å². The molecule has 3 saturated carbocycles. The van der Waals surface area contributed by atoms with Gasteiger partial charge in [-0.15, -0.1) is 0 Å². The highest BCUT2D eigenvalue weighted by Gasteiger charge is 2.62. The molecule has 4 rings (SSSR count). The van der Waals surface area contributed by atoms with Gasteiger partial charge < -0.3 is 5.11 Å². The van der Waals surface area contributed by atoms with Gasteiger partial charge in [-0.05, 0) is 69.6 Å². The second-order valence-corrected chi connectivity index (χ2v) is 8.65. The van der Waals surface area contributed by atoms with Crippen LogP contribution in [0.1, 0.15) is 71.6 Å². The molecule has 0 amide bonds. The van der Waals surface area contributed by atoms with Gasteiger partial charge in [-0.3, -0.25) is 9.59 Å². The lowest BCUT2D eigenvalue weighted by Crippen LogP contribution is -2.53. The highest BCUT2D eigenvalue weighted by atomic mass is 16.3. The molecule has 0 aromatic rings. The Kier molecular flexibility index (Phi) is 3.39. The molecule has 0 bridgehead atoms. The molecule has 0 aliphatic heterocycles. The van der Waals surface area contributed by atoms with Crippen LogP contribution in [0.2, 0.25) is 0 Å². The van der Waals surface area contributed by atoms with E-state index in [1.54, 1.807) is 18.1 Å². The summed E-state index contributed by atoms with van der Waals surface area (Å²) in [5.74, 6) is 1.87. The van der Waals surface area contributed by atoms with E-state index in [4.69, 9.17) is 0 Å². The number of hydrogen-bond acceptors (Lipinski definition) is 3. The topological polar surface area (TPSA) is 54.4 Å². The van der Waals surface area contributed by atoms with Crippen molar-refractivity contribution in [1.82, 2.24) is 0 Å². The first kappa shape index (κ1) is 15.6. The van der Waals surface area contributed by atoms with E-state index < -0.39 is 5.60 Å². The Bertz CT molecular complexity index is 604. The van der Waals surface area contributed by atoms with Gasteiger partial charge in [0.15, 0.2) is 5.78 Å². The van der Waals surface area contributed by atoms with Crippen molar-refractivity contribution in [2.45, 2.75) is 77.2 Å². The maximum absolute atomic E-state index is 12.2. The number of fused-ring (bicyclic) bond motifs is 4. The molecule has 4 aliphatic rings. The maximum Gasteiger partial charge on any atom is 0.161 e. The van der Waals surface area contributed by atoms with E-state index in [1.807, 2.05) is 0 Å². The lowest BCUT2D eigenvalue weighted by Gasteiger charge is -2.52. The van der Waals surface area contributed by atoms with E-state index in [-0.39, 0.29) is 11.2 Å². The summed E-state index contributed by atoms with van der Waals surface area (Å²) in [4.78, 5) is 23.9. The number of carbonyl (C=O) groups excluding carboxylic acids is 2. The quantitative estimate of drug-likeness (QED) is 0.752. The molecule has 23 heavy (non-hydrogen) atoms. The van der Waals surface area contributed by atoms with Crippen LogP contribution in [0.4, 0.5) is 0 Å². The van der Waals surface area contributed by atoms with Crippen molar-refractivity contribution in [1.29, 1.82) is 0 Å². The van der Waals surface area contributed by atoms with Crippen LogP contribution in [-0.4, -0.2) is 22.3 Å². The lowest BCUT2D eigenvalue weighted by atomic mass is 9.53. The molecule has 0 aromatic carbocycles. The van der Waals surface area contributed by atoms with Crippen molar-refractivity contribution in [3.63, 3.8) is 0 Å². The van der Waals surface area contributed by atoms with E-state index >= 15 is 0 Å². The summed E-state index contributed by atoms with van der Waals surface area (Å²) in [7, 11) is 0. The van der Waals surface area contributed by atoms with Crippen molar-refractivity contribution in [3.05, 3.63) is 11.1 Å². The normalized spacial score (nSPS) is 46.2. The van der Waals surface area contributed by atoms with E-state index in [1.165, 1.54) is 0 Å². The van der Waals surface area contributed by atoms with E-state index in [0.717, 1.165) is 51.4 Å². The van der Waals surface area contributed by atoms with Crippen LogP contribution in [0.25, 0.3) is 0 Å². The van der Waals surface area contributed by atoms with Crippen molar-refractivity contribution in [3.8, 4) is 0 Å². The number of carbonyl (C=O) groups is 2. The minimum absolute atomic E-state index is 0.0458. The first-order valence-corrected chi connectivity index (χ1v) is 9.34. The third-order valence-corrected chi connectivity index (χ3v) is 7.89. The molecular formula is C20H28O3. The average Bonchev–Trinajstić information content (AvgIpc) is 2.80. The van der Waals surface area contributed by atoms with Crippen molar-refractivity contribution in [2.75, 3.05) is 0 Å². The largest absolute Gasteiger partial charge is 0.382 e. The molecule has 0 radical (unpaired) electrons. The van der Waals surface area contributed by atoms with Gasteiger partial charge in [-0.2, -0.15) is 0 Å². The molecule has 0 aromatic heterocycles. The van der Waals surface area contributed by atoms with E-state index in [9.17, 15) is 14.7 Å². The van der Waals surface area contributed by atoms with E-state index in [2.05, 4.69) is 6.92 Å². The molecule has 0 heterocycles. The van der Waals surface area contributed by atoms with Crippen LogP contribution in [-0.2, 0) is 9.59 Å². The molecule has 1 unspecified atom stereocenters. The summed E-state index contributed by atoms with van der Waals surface area (Å²) < 4.78 is 0. The van der Waals surface area contributed by atoms with Crippen LogP contribution in [0.15, 0.2) is 11.1 Å². The fraction of sp³-hybridized carbons (Fsp3) is 0.800. The Labute approximate surface area is 138 Å². The predicted molar refractivity (Wildman–Crippen MR) is 87.8 cm³/mol. The lowest BCUT2D eigenvalue weighted by molar-refractivity contribution is -0.152. The van der Waals surface area contributed by atoms with Gasteiger partial charge in [0.2, 0.25) is 0 Å². The first-order chi connectivity index (χ1) is 10.9. The van der Waals surface area contributed by atoms with Crippen LogP contribution in [0.3, 0.4) is 0 Å². The zero-order valence-corrected chi connectivity index (χ0v) is 14.4. The van der Waals surface area contributed by atoms with Crippen LogP contribution < -0.4 is 0 Å². The number of hydrogen-bond donors (Lipinski definition) is 1. The Morgan fingerprint density at radius 2 is 1.87 bits per heavy atom. The van der Waals surface area contributed by atoms with Gasteiger partial charge in [0, 0.05) is 18.3 Å². The van der Waals surface area contributed by atoms with Gasteiger partial charge in [-0.25, -0.2) is 0 Å². The zero-order valence-electron chi connectivity index (χ0n) is 14.4. The smallest absolute Gasteiger partial charge is 0.161 e. The Hall–Kier alpha value is -0.960. The first-order valence-electron chi connectivity index (χ1n) is 9.34. The summed E-state index contributed by atoms with van der Waals surface area (Å²) in [6.45, 7) is 3.72. The summed E-state index contributed by atoms with van der Waals surface area (Å²) >= 11 is 0. The van der Waals surface area contributed by atoms with Crippen LogP contribution >= 0.6 is 0 Å². The standard InChI is InChI=1S/C20H28O3/c1-12(21)20(23)10-8-18-17-5-3-13-11-14(22)4-6-15(13)16(17)7-9-19(18,20)2/h13,17-18,23H,3-11H2,1-2H3/t13?,17-,18+,19+,20+/m1/s1. The molecule has 0 saturated heterocycles. The SMILES string of the molecule is CC(=O)[C@@]1(O)CC[C@H]2[C@@H]3CCC4CC(=O)CCC4=C3CC[C@@]21C. The third kappa shape index (κ3) is 1.98. The summed E-state index contributed by atoms with van der Waals surface area (Å²) in [6, 6.07) is 0. The van der Waals surface area contributed by atoms with Crippen molar-refractivity contribution in [2.24, 2.45) is 23.2 Å². The number of Topliss-reactive ketones (excluding diaryl/α,β-unsaturated/α-hetero) is 2. The summed E-state index contributed by atoms with van der Waals surface area (Å²) in [5.41, 5.74) is 1.82. The maximum atomic E-state index is 12.2. The number of rotatable bonds is 1. The van der Waals surface area contributed by atoms with Gasteiger partial charge >= 0.3 is 0 Å². The zero-order chi connectivity index (χ0) is 16.4. The molecular weight excluding hydrogens is 288 g/mol.